The number of hydrogen-bond acceptors (Lipinski definition) is 1. The van der Waals surface area contributed by atoms with E-state index >= 15 is 0 Å². The van der Waals surface area contributed by atoms with Crippen molar-refractivity contribution in [1.29, 1.82) is 0 Å². The Balaban J connectivity index is 2.43. The van der Waals surface area contributed by atoms with Gasteiger partial charge in [0, 0.05) is 6.61 Å². The molecule has 3 unspecified atom stereocenters. The summed E-state index contributed by atoms with van der Waals surface area (Å²) in [7, 11) is 0. The topological polar surface area (TPSA) is 20.2 Å². The van der Waals surface area contributed by atoms with Crippen molar-refractivity contribution >= 4 is 0 Å². The summed E-state index contributed by atoms with van der Waals surface area (Å²) in [5.41, 5.74) is 0. The second kappa shape index (κ2) is 3.91. The molecule has 3 atom stereocenters. The molecule has 0 aromatic heterocycles. The van der Waals surface area contributed by atoms with Crippen molar-refractivity contribution < 1.29 is 5.11 Å². The van der Waals surface area contributed by atoms with Gasteiger partial charge in [-0.1, -0.05) is 26.0 Å². The van der Waals surface area contributed by atoms with Crippen LogP contribution in [-0.4, -0.2) is 11.7 Å². The van der Waals surface area contributed by atoms with Crippen molar-refractivity contribution in [2.24, 2.45) is 17.8 Å². The third-order valence-electron chi connectivity index (χ3n) is 2.76. The van der Waals surface area contributed by atoms with Gasteiger partial charge in [0.25, 0.3) is 0 Å². The molecule has 0 aromatic rings. The Morgan fingerprint density at radius 1 is 1.36 bits per heavy atom. The van der Waals surface area contributed by atoms with E-state index in [0.29, 0.717) is 12.5 Å². The third-order valence-corrected chi connectivity index (χ3v) is 2.76. The SMILES string of the molecule is CC1C=CC(CCO)CC1C. The van der Waals surface area contributed by atoms with E-state index < -0.39 is 0 Å². The van der Waals surface area contributed by atoms with Crippen LogP contribution in [-0.2, 0) is 0 Å². The first-order chi connectivity index (χ1) is 5.24. The zero-order chi connectivity index (χ0) is 8.27. The van der Waals surface area contributed by atoms with E-state index in [2.05, 4.69) is 26.0 Å². The van der Waals surface area contributed by atoms with E-state index in [0.717, 1.165) is 18.3 Å². The molecule has 0 spiro atoms. The van der Waals surface area contributed by atoms with Gasteiger partial charge in [-0.2, -0.15) is 0 Å². The van der Waals surface area contributed by atoms with Crippen LogP contribution in [0.25, 0.3) is 0 Å². The van der Waals surface area contributed by atoms with Crippen LogP contribution in [0.1, 0.15) is 26.7 Å². The molecule has 1 aliphatic carbocycles. The minimum atomic E-state index is 0.329. The monoisotopic (exact) mass is 154 g/mol. The Hall–Kier alpha value is -0.300. The molecule has 0 fully saturated rings. The van der Waals surface area contributed by atoms with E-state index in [1.54, 1.807) is 0 Å². The van der Waals surface area contributed by atoms with Gasteiger partial charge in [-0.3, -0.25) is 0 Å². The van der Waals surface area contributed by atoms with E-state index in [9.17, 15) is 0 Å². The fraction of sp³-hybridized carbons (Fsp3) is 0.800. The van der Waals surface area contributed by atoms with Gasteiger partial charge in [-0.05, 0) is 30.6 Å². The van der Waals surface area contributed by atoms with Crippen molar-refractivity contribution in [1.82, 2.24) is 0 Å². The molecule has 0 aliphatic heterocycles. The molecule has 0 saturated carbocycles. The molecule has 0 aromatic carbocycles. The molecule has 1 nitrogen and oxygen atoms in total. The van der Waals surface area contributed by atoms with Crippen LogP contribution in [0.15, 0.2) is 12.2 Å². The molecule has 0 amide bonds. The summed E-state index contributed by atoms with van der Waals surface area (Å²) in [5.74, 6) is 2.15. The number of hydrogen-bond donors (Lipinski definition) is 1. The van der Waals surface area contributed by atoms with Crippen molar-refractivity contribution in [3.8, 4) is 0 Å². The van der Waals surface area contributed by atoms with Crippen LogP contribution in [0, 0.1) is 17.8 Å². The first-order valence-electron chi connectivity index (χ1n) is 4.53. The zero-order valence-electron chi connectivity index (χ0n) is 7.46. The molecule has 64 valence electrons. The molecule has 1 rings (SSSR count). The number of rotatable bonds is 2. The number of allylic oxidation sites excluding steroid dienone is 2. The van der Waals surface area contributed by atoms with Gasteiger partial charge in [-0.15, -0.1) is 0 Å². The van der Waals surface area contributed by atoms with Crippen molar-refractivity contribution in [2.75, 3.05) is 6.61 Å². The van der Waals surface area contributed by atoms with Gasteiger partial charge >= 0.3 is 0 Å². The minimum Gasteiger partial charge on any atom is -0.396 e. The highest BCUT2D eigenvalue weighted by atomic mass is 16.3. The second-order valence-electron chi connectivity index (χ2n) is 3.73. The Morgan fingerprint density at radius 2 is 2.09 bits per heavy atom. The molecule has 0 radical (unpaired) electrons. The summed E-state index contributed by atoms with van der Waals surface area (Å²) in [5, 5.41) is 8.74. The van der Waals surface area contributed by atoms with Crippen LogP contribution in [0.5, 0.6) is 0 Å². The van der Waals surface area contributed by atoms with Crippen LogP contribution in [0.4, 0.5) is 0 Å². The second-order valence-corrected chi connectivity index (χ2v) is 3.73. The lowest BCUT2D eigenvalue weighted by molar-refractivity contribution is 0.245. The van der Waals surface area contributed by atoms with E-state index in [4.69, 9.17) is 5.11 Å². The highest BCUT2D eigenvalue weighted by Crippen LogP contribution is 2.29. The smallest absolute Gasteiger partial charge is 0.0436 e. The summed E-state index contributed by atoms with van der Waals surface area (Å²) in [6, 6.07) is 0. The molecule has 0 saturated heterocycles. The fourth-order valence-electron chi connectivity index (χ4n) is 1.67. The fourth-order valence-corrected chi connectivity index (χ4v) is 1.67. The largest absolute Gasteiger partial charge is 0.396 e. The average molecular weight is 154 g/mol. The predicted octanol–water partition coefficient (Wildman–Crippen LogP) is 2.22. The lowest BCUT2D eigenvalue weighted by atomic mass is 9.80. The van der Waals surface area contributed by atoms with Crippen molar-refractivity contribution in [2.45, 2.75) is 26.7 Å². The molecule has 0 heterocycles. The van der Waals surface area contributed by atoms with Crippen molar-refractivity contribution in [3.05, 3.63) is 12.2 Å². The Morgan fingerprint density at radius 3 is 2.64 bits per heavy atom. The van der Waals surface area contributed by atoms with Crippen LogP contribution < -0.4 is 0 Å². The molecule has 1 aliphatic rings. The summed E-state index contributed by atoms with van der Waals surface area (Å²) in [6.45, 7) is 4.88. The molecule has 1 N–H and O–H groups in total. The lowest BCUT2D eigenvalue weighted by Crippen LogP contribution is -2.16. The standard InChI is InChI=1S/C10H18O/c1-8-3-4-10(5-6-11)7-9(8)2/h3-4,8-11H,5-7H2,1-2H3. The minimum absolute atomic E-state index is 0.329. The maximum Gasteiger partial charge on any atom is 0.0436 e. The van der Waals surface area contributed by atoms with Crippen LogP contribution in [0.2, 0.25) is 0 Å². The number of aliphatic hydroxyl groups excluding tert-OH is 1. The summed E-state index contributed by atoms with van der Waals surface area (Å²) in [6.07, 6.45) is 6.74. The van der Waals surface area contributed by atoms with Gasteiger partial charge < -0.3 is 5.11 Å². The zero-order valence-corrected chi connectivity index (χ0v) is 7.46. The number of aliphatic hydroxyl groups is 1. The van der Waals surface area contributed by atoms with E-state index in [-0.39, 0.29) is 0 Å². The van der Waals surface area contributed by atoms with E-state index in [1.807, 2.05) is 0 Å². The maximum absolute atomic E-state index is 8.74. The summed E-state index contributed by atoms with van der Waals surface area (Å²) in [4.78, 5) is 0. The molecular weight excluding hydrogens is 136 g/mol. The Kier molecular flexibility index (Phi) is 3.13. The molecule has 0 bridgehead atoms. The Labute approximate surface area is 69.1 Å². The van der Waals surface area contributed by atoms with Crippen molar-refractivity contribution in [3.63, 3.8) is 0 Å². The van der Waals surface area contributed by atoms with Gasteiger partial charge in [-0.25, -0.2) is 0 Å². The maximum atomic E-state index is 8.74. The Bertz CT molecular complexity index is 140. The molecule has 11 heavy (non-hydrogen) atoms. The van der Waals surface area contributed by atoms with Gasteiger partial charge in [0.15, 0.2) is 0 Å². The highest BCUT2D eigenvalue weighted by molar-refractivity contribution is 4.98. The summed E-state index contributed by atoms with van der Waals surface area (Å²) < 4.78 is 0. The van der Waals surface area contributed by atoms with E-state index in [1.165, 1.54) is 6.42 Å². The van der Waals surface area contributed by atoms with Gasteiger partial charge in [0.05, 0.1) is 0 Å². The highest BCUT2D eigenvalue weighted by Gasteiger charge is 2.18. The lowest BCUT2D eigenvalue weighted by Gasteiger charge is -2.26. The van der Waals surface area contributed by atoms with Gasteiger partial charge in [0.2, 0.25) is 0 Å². The first kappa shape index (κ1) is 8.79. The van der Waals surface area contributed by atoms with Gasteiger partial charge in [0.1, 0.15) is 0 Å². The third kappa shape index (κ3) is 2.33. The average Bonchev–Trinajstić information content (AvgIpc) is 1.98. The quantitative estimate of drug-likeness (QED) is 0.605. The predicted molar refractivity (Wildman–Crippen MR) is 47.3 cm³/mol. The first-order valence-corrected chi connectivity index (χ1v) is 4.53. The van der Waals surface area contributed by atoms with Crippen LogP contribution >= 0.6 is 0 Å². The molecule has 1 heteroatoms. The van der Waals surface area contributed by atoms with Crippen LogP contribution in [0.3, 0.4) is 0 Å². The molecular formula is C10H18O. The normalized spacial score (nSPS) is 37.5. The summed E-state index contributed by atoms with van der Waals surface area (Å²) >= 11 is 0.